The normalized spacial score (nSPS) is 9.20. The fourth-order valence-corrected chi connectivity index (χ4v) is 1.13. The summed E-state index contributed by atoms with van der Waals surface area (Å²) < 4.78 is 0. The van der Waals surface area contributed by atoms with Gasteiger partial charge in [0.15, 0.2) is 11.6 Å². The zero-order chi connectivity index (χ0) is 11.4. The highest BCUT2D eigenvalue weighted by atomic mass is 16.1. The largest absolute Gasteiger partial charge is 0.295 e. The van der Waals surface area contributed by atoms with E-state index in [0.717, 1.165) is 0 Å². The lowest BCUT2D eigenvalue weighted by Gasteiger charge is -2.01. The Hall–Kier alpha value is -2.06. The van der Waals surface area contributed by atoms with E-state index in [-0.39, 0.29) is 17.3 Å². The van der Waals surface area contributed by atoms with Gasteiger partial charge in [0.25, 0.3) is 0 Å². The highest BCUT2D eigenvalue weighted by Crippen LogP contribution is 2.18. The van der Waals surface area contributed by atoms with Gasteiger partial charge in [-0.25, -0.2) is 4.79 Å². The van der Waals surface area contributed by atoms with Crippen LogP contribution in [-0.2, 0) is 4.79 Å². The number of aliphatic imine (C=N–C) groups is 1. The average Bonchev–Trinajstić information content (AvgIpc) is 2.17. The highest BCUT2D eigenvalue weighted by molar-refractivity contribution is 6.00. The van der Waals surface area contributed by atoms with E-state index in [1.54, 1.807) is 0 Å². The molecule has 76 valence electrons. The molecule has 15 heavy (non-hydrogen) atoms. The van der Waals surface area contributed by atoms with E-state index in [0.29, 0.717) is 11.1 Å². The standard InChI is InChI=1S/C11H9NO3/c1-7(14)9-3-10(8(2)15)5-11(4-9)12-6-13/h3-5H,1-2H3. The summed E-state index contributed by atoms with van der Waals surface area (Å²) in [6.07, 6.45) is 1.37. The number of hydrogen-bond acceptors (Lipinski definition) is 4. The second kappa shape index (κ2) is 4.44. The van der Waals surface area contributed by atoms with Gasteiger partial charge in [-0.05, 0) is 32.0 Å². The van der Waals surface area contributed by atoms with Crippen LogP contribution in [0.3, 0.4) is 0 Å². The maximum atomic E-state index is 11.1. The Kier molecular flexibility index (Phi) is 3.26. The summed E-state index contributed by atoms with van der Waals surface area (Å²) in [5, 5.41) is 0. The summed E-state index contributed by atoms with van der Waals surface area (Å²) in [5.74, 6) is -0.360. The van der Waals surface area contributed by atoms with Crippen LogP contribution in [0.5, 0.6) is 0 Å². The molecule has 0 aliphatic rings. The third kappa shape index (κ3) is 2.69. The van der Waals surface area contributed by atoms with Crippen LogP contribution in [0, 0.1) is 0 Å². The molecule has 0 aromatic heterocycles. The molecule has 0 atom stereocenters. The molecular formula is C11H9NO3. The molecule has 0 saturated carbocycles. The average molecular weight is 203 g/mol. The monoisotopic (exact) mass is 203 g/mol. The number of ketones is 2. The molecule has 0 fully saturated rings. The Morgan fingerprint density at radius 2 is 1.53 bits per heavy atom. The molecule has 4 nitrogen and oxygen atoms in total. The lowest BCUT2D eigenvalue weighted by Crippen LogP contribution is -1.97. The fraction of sp³-hybridized carbons (Fsp3) is 0.182. The Morgan fingerprint density at radius 3 is 1.87 bits per heavy atom. The van der Waals surface area contributed by atoms with Crippen LogP contribution in [0.1, 0.15) is 34.6 Å². The first-order valence-electron chi connectivity index (χ1n) is 4.29. The number of rotatable bonds is 3. The van der Waals surface area contributed by atoms with Crippen molar-refractivity contribution in [3.8, 4) is 0 Å². The van der Waals surface area contributed by atoms with Gasteiger partial charge in [0, 0.05) is 11.1 Å². The number of nitrogens with zero attached hydrogens (tertiary/aromatic N) is 1. The van der Waals surface area contributed by atoms with E-state index in [2.05, 4.69) is 4.99 Å². The molecule has 4 heteroatoms. The van der Waals surface area contributed by atoms with Gasteiger partial charge in [-0.1, -0.05) is 0 Å². The molecule has 0 amide bonds. The summed E-state index contributed by atoms with van der Waals surface area (Å²) >= 11 is 0. The van der Waals surface area contributed by atoms with Crippen LogP contribution < -0.4 is 0 Å². The summed E-state index contributed by atoms with van der Waals surface area (Å²) in [6, 6.07) is 4.37. The summed E-state index contributed by atoms with van der Waals surface area (Å²) in [4.78, 5) is 35.7. The molecule has 1 rings (SSSR count). The molecule has 1 aromatic rings. The minimum Gasteiger partial charge on any atom is -0.295 e. The van der Waals surface area contributed by atoms with Gasteiger partial charge in [0.05, 0.1) is 5.69 Å². The lowest BCUT2D eigenvalue weighted by molar-refractivity contribution is 0.101. The van der Waals surface area contributed by atoms with Gasteiger partial charge >= 0.3 is 0 Å². The van der Waals surface area contributed by atoms with E-state index in [1.165, 1.54) is 38.1 Å². The van der Waals surface area contributed by atoms with Crippen LogP contribution in [0.2, 0.25) is 0 Å². The van der Waals surface area contributed by atoms with Crippen molar-refractivity contribution < 1.29 is 14.4 Å². The van der Waals surface area contributed by atoms with Crippen LogP contribution in [0.15, 0.2) is 23.2 Å². The third-order valence-electron chi connectivity index (χ3n) is 1.91. The van der Waals surface area contributed by atoms with Gasteiger partial charge in [-0.3, -0.25) is 9.59 Å². The van der Waals surface area contributed by atoms with Crippen molar-refractivity contribution in [1.82, 2.24) is 0 Å². The Labute approximate surface area is 86.6 Å². The molecule has 0 unspecified atom stereocenters. The van der Waals surface area contributed by atoms with Gasteiger partial charge in [0.2, 0.25) is 6.08 Å². The second-order valence-electron chi connectivity index (χ2n) is 3.08. The van der Waals surface area contributed by atoms with Crippen molar-refractivity contribution >= 4 is 23.3 Å². The first-order valence-corrected chi connectivity index (χ1v) is 4.29. The topological polar surface area (TPSA) is 63.6 Å². The highest BCUT2D eigenvalue weighted by Gasteiger charge is 2.07. The van der Waals surface area contributed by atoms with E-state index in [1.807, 2.05) is 0 Å². The lowest BCUT2D eigenvalue weighted by atomic mass is 10.0. The Bertz CT molecular complexity index is 408. The van der Waals surface area contributed by atoms with Crippen molar-refractivity contribution in [2.24, 2.45) is 4.99 Å². The number of Topliss-reactive ketones (excluding diaryl/α,β-unsaturated/α-hetero) is 2. The fourth-order valence-electron chi connectivity index (χ4n) is 1.13. The third-order valence-corrected chi connectivity index (χ3v) is 1.91. The van der Waals surface area contributed by atoms with Gasteiger partial charge in [-0.2, -0.15) is 4.99 Å². The molecule has 0 aliphatic carbocycles. The minimum atomic E-state index is -0.180. The number of isocyanates is 1. The molecular weight excluding hydrogens is 194 g/mol. The molecule has 0 spiro atoms. The van der Waals surface area contributed by atoms with Crippen LogP contribution in [0.25, 0.3) is 0 Å². The van der Waals surface area contributed by atoms with Crippen LogP contribution in [0.4, 0.5) is 5.69 Å². The number of carbonyl (C=O) groups excluding carboxylic acids is 3. The van der Waals surface area contributed by atoms with Crippen molar-refractivity contribution in [1.29, 1.82) is 0 Å². The van der Waals surface area contributed by atoms with Gasteiger partial charge in [-0.15, -0.1) is 0 Å². The molecule has 0 saturated heterocycles. The first-order chi connectivity index (χ1) is 7.04. The van der Waals surface area contributed by atoms with E-state index in [9.17, 15) is 14.4 Å². The summed E-state index contributed by atoms with van der Waals surface area (Å²) in [7, 11) is 0. The van der Waals surface area contributed by atoms with Crippen molar-refractivity contribution in [3.05, 3.63) is 29.3 Å². The number of benzene rings is 1. The predicted molar refractivity (Wildman–Crippen MR) is 54.2 cm³/mol. The van der Waals surface area contributed by atoms with E-state index >= 15 is 0 Å². The zero-order valence-electron chi connectivity index (χ0n) is 8.40. The van der Waals surface area contributed by atoms with Crippen LogP contribution >= 0.6 is 0 Å². The maximum Gasteiger partial charge on any atom is 0.240 e. The zero-order valence-corrected chi connectivity index (χ0v) is 8.40. The first kappa shape index (κ1) is 11.0. The van der Waals surface area contributed by atoms with E-state index in [4.69, 9.17) is 0 Å². The van der Waals surface area contributed by atoms with E-state index < -0.39 is 0 Å². The SMILES string of the molecule is CC(=O)c1cc(N=C=O)cc(C(C)=O)c1. The minimum absolute atomic E-state index is 0.180. The van der Waals surface area contributed by atoms with Crippen molar-refractivity contribution in [3.63, 3.8) is 0 Å². The number of carbonyl (C=O) groups is 2. The smallest absolute Gasteiger partial charge is 0.240 e. The van der Waals surface area contributed by atoms with Crippen molar-refractivity contribution in [2.75, 3.05) is 0 Å². The Morgan fingerprint density at radius 1 is 1.07 bits per heavy atom. The molecule has 0 N–H and O–H groups in total. The molecule has 0 bridgehead atoms. The quantitative estimate of drug-likeness (QED) is 0.429. The summed E-state index contributed by atoms with van der Waals surface area (Å²) in [5.41, 5.74) is 0.983. The van der Waals surface area contributed by atoms with Gasteiger partial charge in [0.1, 0.15) is 0 Å². The molecule has 0 radical (unpaired) electrons. The molecule has 0 heterocycles. The van der Waals surface area contributed by atoms with Crippen LogP contribution in [-0.4, -0.2) is 17.6 Å². The summed E-state index contributed by atoms with van der Waals surface area (Å²) in [6.45, 7) is 2.77. The second-order valence-corrected chi connectivity index (χ2v) is 3.08. The Balaban J connectivity index is 3.38. The maximum absolute atomic E-state index is 11.1. The van der Waals surface area contributed by atoms with Gasteiger partial charge < -0.3 is 0 Å². The van der Waals surface area contributed by atoms with Crippen molar-refractivity contribution in [2.45, 2.75) is 13.8 Å². The predicted octanol–water partition coefficient (Wildman–Crippen LogP) is 2.06. The molecule has 1 aromatic carbocycles. The molecule has 0 aliphatic heterocycles. The number of hydrogen-bond donors (Lipinski definition) is 0.